The van der Waals surface area contributed by atoms with Crippen LogP contribution in [0.25, 0.3) is 0 Å². The number of halogens is 2. The van der Waals surface area contributed by atoms with Gasteiger partial charge in [0.2, 0.25) is 0 Å². The first-order valence-corrected chi connectivity index (χ1v) is 7.44. The predicted octanol–water partition coefficient (Wildman–Crippen LogP) is 3.71. The quantitative estimate of drug-likeness (QED) is 0.773. The molecule has 1 aromatic heterocycles. The van der Waals surface area contributed by atoms with Crippen LogP contribution >= 0.6 is 23.2 Å². The standard InChI is InChI=1S/C15H13Cl2N5/c16-12-7-6-11(14(17)8-12)9-22(10-15-18-20-21-19-15)13-4-2-1-3-5-13/h1-8H,9-10H2,(H,18,19,20,21). The van der Waals surface area contributed by atoms with Crippen molar-refractivity contribution in [1.29, 1.82) is 0 Å². The second-order valence-corrected chi connectivity index (χ2v) is 5.60. The molecule has 0 radical (unpaired) electrons. The molecule has 0 saturated heterocycles. The largest absolute Gasteiger partial charge is 0.359 e. The highest BCUT2D eigenvalue weighted by Crippen LogP contribution is 2.25. The van der Waals surface area contributed by atoms with E-state index in [9.17, 15) is 0 Å². The van der Waals surface area contributed by atoms with Gasteiger partial charge in [-0.1, -0.05) is 52.7 Å². The monoisotopic (exact) mass is 333 g/mol. The normalized spacial score (nSPS) is 10.6. The molecule has 3 rings (SSSR count). The first kappa shape index (κ1) is 14.8. The lowest BCUT2D eigenvalue weighted by Crippen LogP contribution is -2.23. The Bertz CT molecular complexity index is 731. The van der Waals surface area contributed by atoms with Crippen LogP contribution in [0.4, 0.5) is 5.69 Å². The molecular weight excluding hydrogens is 321 g/mol. The Kier molecular flexibility index (Phi) is 4.56. The zero-order chi connectivity index (χ0) is 15.4. The second kappa shape index (κ2) is 6.77. The van der Waals surface area contributed by atoms with E-state index in [0.29, 0.717) is 29.0 Å². The van der Waals surface area contributed by atoms with E-state index < -0.39 is 0 Å². The van der Waals surface area contributed by atoms with Gasteiger partial charge in [0.05, 0.1) is 6.54 Å². The number of para-hydroxylation sites is 1. The number of aromatic amines is 1. The lowest BCUT2D eigenvalue weighted by atomic mass is 10.2. The Labute approximate surface area is 137 Å². The van der Waals surface area contributed by atoms with Crippen molar-refractivity contribution in [2.75, 3.05) is 4.90 Å². The summed E-state index contributed by atoms with van der Waals surface area (Å²) in [5.74, 6) is 0.619. The Morgan fingerprint density at radius 1 is 1.00 bits per heavy atom. The van der Waals surface area contributed by atoms with Crippen molar-refractivity contribution in [3.63, 3.8) is 0 Å². The van der Waals surface area contributed by atoms with Crippen molar-refractivity contribution in [1.82, 2.24) is 20.6 Å². The molecule has 0 unspecified atom stereocenters. The van der Waals surface area contributed by atoms with Crippen LogP contribution in [0.1, 0.15) is 11.4 Å². The van der Waals surface area contributed by atoms with Crippen LogP contribution in [-0.2, 0) is 13.1 Å². The van der Waals surface area contributed by atoms with Crippen LogP contribution in [0.2, 0.25) is 10.0 Å². The maximum absolute atomic E-state index is 6.28. The van der Waals surface area contributed by atoms with E-state index in [-0.39, 0.29) is 0 Å². The minimum atomic E-state index is 0.527. The molecule has 0 aliphatic heterocycles. The highest BCUT2D eigenvalue weighted by Gasteiger charge is 2.13. The number of H-pyrrole nitrogens is 1. The van der Waals surface area contributed by atoms with Gasteiger partial charge in [-0.15, -0.1) is 10.2 Å². The Morgan fingerprint density at radius 2 is 1.82 bits per heavy atom. The minimum Gasteiger partial charge on any atom is -0.359 e. The number of hydrogen-bond acceptors (Lipinski definition) is 4. The fourth-order valence-corrected chi connectivity index (χ4v) is 2.62. The molecule has 0 spiro atoms. The first-order valence-electron chi connectivity index (χ1n) is 6.68. The predicted molar refractivity (Wildman–Crippen MR) is 87.0 cm³/mol. The molecule has 1 heterocycles. The molecule has 0 atom stereocenters. The van der Waals surface area contributed by atoms with Gasteiger partial charge in [0, 0.05) is 22.3 Å². The van der Waals surface area contributed by atoms with Gasteiger partial charge >= 0.3 is 0 Å². The summed E-state index contributed by atoms with van der Waals surface area (Å²) in [5, 5.41) is 15.4. The van der Waals surface area contributed by atoms with Gasteiger partial charge in [-0.05, 0) is 29.8 Å². The van der Waals surface area contributed by atoms with Crippen LogP contribution in [0.15, 0.2) is 48.5 Å². The zero-order valence-electron chi connectivity index (χ0n) is 11.6. The third-order valence-electron chi connectivity index (χ3n) is 3.22. The molecule has 0 aliphatic rings. The van der Waals surface area contributed by atoms with Crippen LogP contribution in [0.3, 0.4) is 0 Å². The molecule has 22 heavy (non-hydrogen) atoms. The van der Waals surface area contributed by atoms with Gasteiger partial charge in [-0.2, -0.15) is 5.21 Å². The van der Waals surface area contributed by atoms with Crippen molar-refractivity contribution in [3.8, 4) is 0 Å². The topological polar surface area (TPSA) is 57.7 Å². The summed E-state index contributed by atoms with van der Waals surface area (Å²) in [7, 11) is 0. The molecule has 0 amide bonds. The van der Waals surface area contributed by atoms with E-state index in [4.69, 9.17) is 23.2 Å². The van der Waals surface area contributed by atoms with Crippen molar-refractivity contribution in [2.45, 2.75) is 13.1 Å². The number of aromatic nitrogens is 4. The lowest BCUT2D eigenvalue weighted by molar-refractivity contribution is 0.758. The molecular formula is C15H13Cl2N5. The van der Waals surface area contributed by atoms with Crippen LogP contribution in [0, 0.1) is 0 Å². The van der Waals surface area contributed by atoms with Crippen molar-refractivity contribution in [2.24, 2.45) is 0 Å². The minimum absolute atomic E-state index is 0.527. The van der Waals surface area contributed by atoms with Crippen molar-refractivity contribution < 1.29 is 0 Å². The summed E-state index contributed by atoms with van der Waals surface area (Å²) in [6, 6.07) is 15.5. The van der Waals surface area contributed by atoms with E-state index >= 15 is 0 Å². The van der Waals surface area contributed by atoms with Gasteiger partial charge in [0.15, 0.2) is 5.82 Å². The smallest absolute Gasteiger partial charge is 0.193 e. The summed E-state index contributed by atoms with van der Waals surface area (Å²) in [6.07, 6.45) is 0. The third kappa shape index (κ3) is 3.55. The lowest BCUT2D eigenvalue weighted by Gasteiger charge is -2.24. The average molecular weight is 334 g/mol. The Morgan fingerprint density at radius 3 is 2.50 bits per heavy atom. The van der Waals surface area contributed by atoms with Crippen LogP contribution in [0.5, 0.6) is 0 Å². The fourth-order valence-electron chi connectivity index (χ4n) is 2.15. The van der Waals surface area contributed by atoms with Gasteiger partial charge < -0.3 is 4.90 Å². The number of anilines is 1. The summed E-state index contributed by atoms with van der Waals surface area (Å²) >= 11 is 12.2. The van der Waals surface area contributed by atoms with Crippen LogP contribution < -0.4 is 4.90 Å². The number of hydrogen-bond donors (Lipinski definition) is 1. The van der Waals surface area contributed by atoms with Crippen molar-refractivity contribution in [3.05, 3.63) is 70.0 Å². The Balaban J connectivity index is 1.88. The Hall–Kier alpha value is -2.11. The molecule has 0 fully saturated rings. The molecule has 2 aromatic carbocycles. The van der Waals surface area contributed by atoms with Gasteiger partial charge in [-0.3, -0.25) is 0 Å². The van der Waals surface area contributed by atoms with Crippen molar-refractivity contribution >= 4 is 28.9 Å². The second-order valence-electron chi connectivity index (χ2n) is 4.76. The molecule has 3 aromatic rings. The zero-order valence-corrected chi connectivity index (χ0v) is 13.1. The summed E-state index contributed by atoms with van der Waals surface area (Å²) in [5.41, 5.74) is 2.04. The molecule has 0 saturated carbocycles. The molecule has 112 valence electrons. The van der Waals surface area contributed by atoms with E-state index in [1.54, 1.807) is 6.07 Å². The maximum Gasteiger partial charge on any atom is 0.193 e. The number of nitrogens with one attached hydrogen (secondary N) is 1. The number of benzene rings is 2. The van der Waals surface area contributed by atoms with Gasteiger partial charge in [0.1, 0.15) is 0 Å². The van der Waals surface area contributed by atoms with E-state index in [2.05, 4.69) is 25.5 Å². The molecule has 7 heteroatoms. The molecule has 0 bridgehead atoms. The summed E-state index contributed by atoms with van der Waals surface area (Å²) < 4.78 is 0. The molecule has 0 aliphatic carbocycles. The maximum atomic E-state index is 6.28. The summed E-state index contributed by atoms with van der Waals surface area (Å²) in [6.45, 7) is 1.15. The van der Waals surface area contributed by atoms with E-state index in [1.807, 2.05) is 42.5 Å². The third-order valence-corrected chi connectivity index (χ3v) is 3.81. The molecule has 1 N–H and O–H groups in total. The van der Waals surface area contributed by atoms with E-state index in [0.717, 1.165) is 11.3 Å². The number of nitrogens with zero attached hydrogens (tertiary/aromatic N) is 4. The van der Waals surface area contributed by atoms with Gasteiger partial charge in [-0.25, -0.2) is 0 Å². The molecule has 5 nitrogen and oxygen atoms in total. The number of rotatable bonds is 5. The summed E-state index contributed by atoms with van der Waals surface area (Å²) in [4.78, 5) is 2.12. The van der Waals surface area contributed by atoms with Crippen LogP contribution in [-0.4, -0.2) is 20.6 Å². The highest BCUT2D eigenvalue weighted by molar-refractivity contribution is 6.35. The SMILES string of the molecule is Clc1ccc(CN(Cc2nn[nH]n2)c2ccccc2)c(Cl)c1. The highest BCUT2D eigenvalue weighted by atomic mass is 35.5. The first-order chi connectivity index (χ1) is 10.7. The van der Waals surface area contributed by atoms with Gasteiger partial charge in [0.25, 0.3) is 0 Å². The fraction of sp³-hybridized carbons (Fsp3) is 0.133. The van der Waals surface area contributed by atoms with E-state index in [1.165, 1.54) is 0 Å². The number of tetrazole rings is 1. The average Bonchev–Trinajstić information content (AvgIpc) is 3.03.